The molecular weight excluding hydrogens is 388 g/mol. The quantitative estimate of drug-likeness (QED) is 0.790. The van der Waals surface area contributed by atoms with Crippen LogP contribution in [0, 0.1) is 5.92 Å². The lowest BCUT2D eigenvalue weighted by atomic mass is 9.87. The van der Waals surface area contributed by atoms with Gasteiger partial charge in [0.05, 0.1) is 11.7 Å². The fourth-order valence-electron chi connectivity index (χ4n) is 6.46. The molecular formula is C25H38N4O2. The molecule has 6 heteroatoms. The molecule has 2 aliphatic carbocycles. The highest BCUT2D eigenvalue weighted by Gasteiger charge is 2.35. The number of fused-ring (bicyclic) bond motifs is 1. The Morgan fingerprint density at radius 1 is 0.871 bits per heavy atom. The smallest absolute Gasteiger partial charge is 0.254 e. The third kappa shape index (κ3) is 4.46. The van der Waals surface area contributed by atoms with Crippen molar-refractivity contribution in [1.82, 2.24) is 19.8 Å². The summed E-state index contributed by atoms with van der Waals surface area (Å²) in [5.41, 5.74) is 1.86. The second-order valence-corrected chi connectivity index (χ2v) is 10.3. The lowest BCUT2D eigenvalue weighted by molar-refractivity contribution is -0.140. The first-order valence-corrected chi connectivity index (χ1v) is 12.9. The Kier molecular flexibility index (Phi) is 6.44. The molecule has 4 aliphatic rings. The van der Waals surface area contributed by atoms with E-state index in [1.165, 1.54) is 51.4 Å². The second-order valence-electron chi connectivity index (χ2n) is 10.3. The zero-order valence-corrected chi connectivity index (χ0v) is 18.9. The number of amides is 1. The molecule has 2 aliphatic heterocycles. The topological polar surface area (TPSA) is 69.3 Å². The van der Waals surface area contributed by atoms with E-state index < -0.39 is 0 Å². The molecule has 0 radical (unpaired) electrons. The van der Waals surface area contributed by atoms with Gasteiger partial charge in [-0.1, -0.05) is 38.5 Å². The zero-order valence-electron chi connectivity index (χ0n) is 18.9. The molecule has 1 aromatic rings. The van der Waals surface area contributed by atoms with Gasteiger partial charge >= 0.3 is 0 Å². The van der Waals surface area contributed by atoms with Crippen LogP contribution in [0.5, 0.6) is 0 Å². The number of likely N-dealkylation sites (tertiary alicyclic amines) is 1. The van der Waals surface area contributed by atoms with Crippen molar-refractivity contribution < 1.29 is 4.79 Å². The summed E-state index contributed by atoms with van der Waals surface area (Å²) in [7, 11) is 0. The van der Waals surface area contributed by atoms with Gasteiger partial charge in [0, 0.05) is 37.2 Å². The Labute approximate surface area is 185 Å². The summed E-state index contributed by atoms with van der Waals surface area (Å²) in [6.45, 7) is 2.56. The summed E-state index contributed by atoms with van der Waals surface area (Å²) in [5.74, 6) is 1.20. The predicted molar refractivity (Wildman–Crippen MR) is 121 cm³/mol. The number of carbonyl (C=O) groups is 1. The van der Waals surface area contributed by atoms with Gasteiger partial charge in [0.2, 0.25) is 5.91 Å². The lowest BCUT2D eigenvalue weighted by Gasteiger charge is -2.39. The van der Waals surface area contributed by atoms with E-state index in [4.69, 9.17) is 4.98 Å². The van der Waals surface area contributed by atoms with Crippen molar-refractivity contribution in [2.24, 2.45) is 5.92 Å². The van der Waals surface area contributed by atoms with Crippen molar-refractivity contribution in [1.29, 1.82) is 0 Å². The summed E-state index contributed by atoms with van der Waals surface area (Å²) in [4.78, 5) is 39.1. The monoisotopic (exact) mass is 426 g/mol. The van der Waals surface area contributed by atoms with Crippen LogP contribution in [0.4, 0.5) is 0 Å². The number of hydrogen-bond donors (Lipinski definition) is 1. The van der Waals surface area contributed by atoms with Crippen LogP contribution in [0.15, 0.2) is 4.79 Å². The van der Waals surface area contributed by atoms with Crippen molar-refractivity contribution in [2.45, 2.75) is 109 Å². The number of piperidine rings is 1. The molecule has 1 amide bonds. The van der Waals surface area contributed by atoms with E-state index >= 15 is 0 Å². The predicted octanol–water partition coefficient (Wildman–Crippen LogP) is 4.09. The standard InChI is InChI=1S/C25H38N4O2/c30-24-20-14-16-28(19-11-5-2-6-12-19)17-21(20)26-23(27-24)22-13-7-8-15-29(22)25(31)18-9-3-1-4-10-18/h18-19,22H,1-17H2,(H,26,27,30)/t22-/m1/s1. The van der Waals surface area contributed by atoms with Crippen LogP contribution in [0.3, 0.4) is 0 Å². The van der Waals surface area contributed by atoms with Crippen LogP contribution in [-0.4, -0.2) is 44.8 Å². The normalized spacial score (nSPS) is 26.6. The maximum absolute atomic E-state index is 13.4. The van der Waals surface area contributed by atoms with Crippen molar-refractivity contribution in [3.63, 3.8) is 0 Å². The van der Waals surface area contributed by atoms with Crippen molar-refractivity contribution in [3.05, 3.63) is 27.4 Å². The Morgan fingerprint density at radius 3 is 2.35 bits per heavy atom. The second kappa shape index (κ2) is 9.43. The van der Waals surface area contributed by atoms with E-state index in [0.717, 1.165) is 75.2 Å². The summed E-state index contributed by atoms with van der Waals surface area (Å²) in [6.07, 6.45) is 16.0. The SMILES string of the molecule is O=C(C1CCCCC1)N1CCCC[C@@H]1c1nc2c(c(=O)[nH]1)CCN(C1CCCCC1)C2. The number of H-pyrrole nitrogens is 1. The molecule has 5 rings (SSSR count). The van der Waals surface area contributed by atoms with E-state index in [9.17, 15) is 9.59 Å². The van der Waals surface area contributed by atoms with Gasteiger partial charge in [-0.25, -0.2) is 4.98 Å². The summed E-state index contributed by atoms with van der Waals surface area (Å²) in [5, 5.41) is 0. The summed E-state index contributed by atoms with van der Waals surface area (Å²) < 4.78 is 0. The number of nitrogens with zero attached hydrogens (tertiary/aromatic N) is 3. The number of aromatic amines is 1. The molecule has 31 heavy (non-hydrogen) atoms. The fraction of sp³-hybridized carbons (Fsp3) is 0.800. The Hall–Kier alpha value is -1.69. The molecule has 3 fully saturated rings. The van der Waals surface area contributed by atoms with Crippen molar-refractivity contribution >= 4 is 5.91 Å². The molecule has 1 saturated heterocycles. The van der Waals surface area contributed by atoms with Crippen LogP contribution < -0.4 is 5.56 Å². The average molecular weight is 427 g/mol. The first kappa shape index (κ1) is 21.2. The molecule has 0 unspecified atom stereocenters. The molecule has 1 N–H and O–H groups in total. The van der Waals surface area contributed by atoms with Gasteiger partial charge in [-0.2, -0.15) is 0 Å². The Balaban J connectivity index is 1.38. The van der Waals surface area contributed by atoms with Gasteiger partial charge in [0.1, 0.15) is 5.82 Å². The maximum atomic E-state index is 13.4. The highest BCUT2D eigenvalue weighted by Crippen LogP contribution is 2.34. The van der Waals surface area contributed by atoms with Gasteiger partial charge in [-0.15, -0.1) is 0 Å². The molecule has 0 spiro atoms. The largest absolute Gasteiger partial charge is 0.332 e. The van der Waals surface area contributed by atoms with E-state index in [1.807, 2.05) is 0 Å². The average Bonchev–Trinajstić information content (AvgIpc) is 2.84. The molecule has 6 nitrogen and oxygen atoms in total. The first-order valence-electron chi connectivity index (χ1n) is 12.9. The minimum absolute atomic E-state index is 0.0268. The molecule has 2 saturated carbocycles. The van der Waals surface area contributed by atoms with Crippen LogP contribution in [-0.2, 0) is 17.8 Å². The van der Waals surface area contributed by atoms with E-state index in [1.54, 1.807) is 0 Å². The van der Waals surface area contributed by atoms with Gasteiger partial charge in [0.15, 0.2) is 0 Å². The molecule has 3 heterocycles. The zero-order chi connectivity index (χ0) is 21.2. The minimum atomic E-state index is -0.0637. The number of nitrogens with one attached hydrogen (secondary N) is 1. The van der Waals surface area contributed by atoms with Crippen molar-refractivity contribution in [3.8, 4) is 0 Å². The fourth-order valence-corrected chi connectivity index (χ4v) is 6.46. The van der Waals surface area contributed by atoms with Gasteiger partial charge in [0.25, 0.3) is 5.56 Å². The molecule has 0 bridgehead atoms. The highest BCUT2D eigenvalue weighted by molar-refractivity contribution is 5.79. The van der Waals surface area contributed by atoms with Crippen LogP contribution >= 0.6 is 0 Å². The summed E-state index contributed by atoms with van der Waals surface area (Å²) in [6, 6.07) is 0.580. The lowest BCUT2D eigenvalue weighted by Crippen LogP contribution is -2.45. The van der Waals surface area contributed by atoms with Crippen LogP contribution in [0.1, 0.15) is 107 Å². The molecule has 1 atom stereocenters. The van der Waals surface area contributed by atoms with E-state index in [0.29, 0.717) is 11.9 Å². The maximum Gasteiger partial charge on any atom is 0.254 e. The van der Waals surface area contributed by atoms with Crippen LogP contribution in [0.2, 0.25) is 0 Å². The first-order chi connectivity index (χ1) is 15.2. The Morgan fingerprint density at radius 2 is 1.58 bits per heavy atom. The minimum Gasteiger partial charge on any atom is -0.332 e. The number of carbonyl (C=O) groups excluding carboxylic acids is 1. The van der Waals surface area contributed by atoms with Crippen molar-refractivity contribution in [2.75, 3.05) is 13.1 Å². The third-order valence-corrected chi connectivity index (χ3v) is 8.27. The number of aromatic nitrogens is 2. The molecule has 1 aromatic heterocycles. The third-order valence-electron chi connectivity index (χ3n) is 8.27. The molecule has 0 aromatic carbocycles. The number of hydrogen-bond acceptors (Lipinski definition) is 4. The van der Waals surface area contributed by atoms with E-state index in [-0.39, 0.29) is 17.5 Å². The van der Waals surface area contributed by atoms with Crippen LogP contribution in [0.25, 0.3) is 0 Å². The molecule has 170 valence electrons. The van der Waals surface area contributed by atoms with Gasteiger partial charge in [-0.3, -0.25) is 14.5 Å². The Bertz CT molecular complexity index is 838. The summed E-state index contributed by atoms with van der Waals surface area (Å²) >= 11 is 0. The number of rotatable bonds is 3. The van der Waals surface area contributed by atoms with Gasteiger partial charge < -0.3 is 9.88 Å². The van der Waals surface area contributed by atoms with E-state index in [2.05, 4.69) is 14.8 Å². The van der Waals surface area contributed by atoms with Gasteiger partial charge in [-0.05, 0) is 51.4 Å². The highest BCUT2D eigenvalue weighted by atomic mass is 16.2.